The molecule has 0 aliphatic carbocycles. The van der Waals surface area contributed by atoms with Gasteiger partial charge in [0.25, 0.3) is 5.91 Å². The monoisotopic (exact) mass is 561 g/mol. The van der Waals surface area contributed by atoms with Crippen LogP contribution in [0.3, 0.4) is 0 Å². The second-order valence-electron chi connectivity index (χ2n) is 8.44. The van der Waals surface area contributed by atoms with Crippen LogP contribution in [0.5, 0.6) is 0 Å². The van der Waals surface area contributed by atoms with E-state index in [1.807, 2.05) is 43.3 Å². The number of halogens is 2. The molecule has 2 heterocycles. The first kappa shape index (κ1) is 23.8. The van der Waals surface area contributed by atoms with Crippen molar-refractivity contribution in [3.63, 3.8) is 0 Å². The van der Waals surface area contributed by atoms with Crippen LogP contribution in [-0.4, -0.2) is 26.0 Å². The highest BCUT2D eigenvalue weighted by Crippen LogP contribution is 2.36. The van der Waals surface area contributed by atoms with E-state index in [4.69, 9.17) is 45.6 Å². The zero-order valence-electron chi connectivity index (χ0n) is 19.3. The van der Waals surface area contributed by atoms with Gasteiger partial charge >= 0.3 is 0 Å². The van der Waals surface area contributed by atoms with E-state index < -0.39 is 0 Å². The molecule has 0 aliphatic heterocycles. The van der Waals surface area contributed by atoms with Crippen LogP contribution >= 0.6 is 46.8 Å². The number of anilines is 1. The molecular formula is C27H17Cl2N5OS2. The number of aryl methyl sites for hydroxylation is 1. The quantitative estimate of drug-likeness (QED) is 0.218. The standard InChI is InChI=1S/C27H17Cl2N5OS2/c1-14-11-20-21(33-34(32-20)22-8-4-6-15-5-2-3-7-17(15)22)13-19(14)30-27(36)31-26(35)25-24(29)18-10-9-16(28)12-23(18)37-25/h2-13H,1H3,(H2,30,31,35,36). The van der Waals surface area contributed by atoms with Crippen molar-refractivity contribution in [1.82, 2.24) is 20.3 Å². The van der Waals surface area contributed by atoms with Gasteiger partial charge in [-0.1, -0.05) is 65.7 Å². The van der Waals surface area contributed by atoms with Crippen LogP contribution in [0.15, 0.2) is 72.8 Å². The molecular weight excluding hydrogens is 545 g/mol. The minimum atomic E-state index is -0.388. The Morgan fingerprint density at radius 2 is 1.70 bits per heavy atom. The Bertz CT molecular complexity index is 1870. The summed E-state index contributed by atoms with van der Waals surface area (Å²) in [5, 5.41) is 19.3. The molecule has 0 fully saturated rings. The average Bonchev–Trinajstić information content (AvgIpc) is 3.43. The highest BCUT2D eigenvalue weighted by molar-refractivity contribution is 7.80. The van der Waals surface area contributed by atoms with E-state index >= 15 is 0 Å². The van der Waals surface area contributed by atoms with Gasteiger partial charge in [0.15, 0.2) is 5.11 Å². The fourth-order valence-electron chi connectivity index (χ4n) is 4.19. The number of nitrogens with zero attached hydrogens (tertiary/aromatic N) is 3. The zero-order chi connectivity index (χ0) is 25.7. The first-order valence-corrected chi connectivity index (χ1v) is 13.2. The Hall–Kier alpha value is -3.56. The topological polar surface area (TPSA) is 71.8 Å². The molecule has 6 nitrogen and oxygen atoms in total. The molecule has 6 rings (SSSR count). The normalized spacial score (nSPS) is 11.3. The maximum atomic E-state index is 12.9. The Labute approximate surface area is 230 Å². The molecule has 0 radical (unpaired) electrons. The lowest BCUT2D eigenvalue weighted by Gasteiger charge is -2.11. The van der Waals surface area contributed by atoms with Gasteiger partial charge in [0, 0.05) is 26.2 Å². The zero-order valence-corrected chi connectivity index (χ0v) is 22.4. The van der Waals surface area contributed by atoms with Gasteiger partial charge in [0.1, 0.15) is 15.9 Å². The number of aromatic nitrogens is 3. The number of rotatable bonds is 3. The molecule has 2 N–H and O–H groups in total. The third-order valence-corrected chi connectivity index (χ3v) is 8.08. The summed E-state index contributed by atoms with van der Waals surface area (Å²) in [6.07, 6.45) is 0. The van der Waals surface area contributed by atoms with Crippen LogP contribution in [0.4, 0.5) is 5.69 Å². The van der Waals surface area contributed by atoms with Crippen molar-refractivity contribution in [2.45, 2.75) is 6.92 Å². The first-order chi connectivity index (χ1) is 17.9. The SMILES string of the molecule is Cc1cc2nn(-c3cccc4ccccc34)nc2cc1NC(=S)NC(=O)c1sc2cc(Cl)ccc2c1Cl. The predicted molar refractivity (Wildman–Crippen MR) is 157 cm³/mol. The summed E-state index contributed by atoms with van der Waals surface area (Å²) < 4.78 is 0.831. The van der Waals surface area contributed by atoms with E-state index in [0.717, 1.165) is 43.3 Å². The third-order valence-electron chi connectivity index (χ3n) is 5.98. The van der Waals surface area contributed by atoms with E-state index in [0.29, 0.717) is 20.4 Å². The van der Waals surface area contributed by atoms with E-state index in [-0.39, 0.29) is 11.0 Å². The minimum Gasteiger partial charge on any atom is -0.332 e. The molecule has 1 amide bonds. The molecule has 0 bridgehead atoms. The molecule has 10 heteroatoms. The summed E-state index contributed by atoms with van der Waals surface area (Å²) in [5.74, 6) is -0.388. The van der Waals surface area contributed by atoms with Crippen LogP contribution in [0.2, 0.25) is 10.0 Å². The minimum absolute atomic E-state index is 0.153. The van der Waals surface area contributed by atoms with Crippen molar-refractivity contribution < 1.29 is 4.79 Å². The first-order valence-electron chi connectivity index (χ1n) is 11.2. The number of thiocarbonyl (C=S) groups is 1. The van der Waals surface area contributed by atoms with E-state index in [2.05, 4.69) is 28.8 Å². The number of carbonyl (C=O) groups excluding carboxylic acids is 1. The van der Waals surface area contributed by atoms with Gasteiger partial charge in [-0.15, -0.1) is 26.3 Å². The predicted octanol–water partition coefficient (Wildman–Crippen LogP) is 7.53. The van der Waals surface area contributed by atoms with Crippen LogP contribution < -0.4 is 10.6 Å². The third kappa shape index (κ3) is 4.42. The molecule has 0 saturated heterocycles. The van der Waals surface area contributed by atoms with Crippen LogP contribution in [-0.2, 0) is 0 Å². The maximum absolute atomic E-state index is 12.9. The van der Waals surface area contributed by atoms with E-state index in [1.165, 1.54) is 11.3 Å². The highest BCUT2D eigenvalue weighted by atomic mass is 35.5. The van der Waals surface area contributed by atoms with Crippen molar-refractivity contribution in [2.24, 2.45) is 0 Å². The summed E-state index contributed by atoms with van der Waals surface area (Å²) >= 11 is 19.2. The Morgan fingerprint density at radius 1 is 0.946 bits per heavy atom. The van der Waals surface area contributed by atoms with E-state index in [9.17, 15) is 4.79 Å². The number of hydrogen-bond acceptors (Lipinski definition) is 5. The van der Waals surface area contributed by atoms with Crippen molar-refractivity contribution in [3.05, 3.63) is 93.3 Å². The smallest absolute Gasteiger partial charge is 0.269 e. The molecule has 0 atom stereocenters. The maximum Gasteiger partial charge on any atom is 0.269 e. The molecule has 182 valence electrons. The molecule has 0 unspecified atom stereocenters. The van der Waals surface area contributed by atoms with Crippen molar-refractivity contribution in [1.29, 1.82) is 0 Å². The van der Waals surface area contributed by atoms with Crippen molar-refractivity contribution >= 4 is 95.4 Å². The van der Waals surface area contributed by atoms with Gasteiger partial charge in [-0.3, -0.25) is 10.1 Å². The fourth-order valence-corrected chi connectivity index (χ4v) is 6.08. The van der Waals surface area contributed by atoms with Gasteiger partial charge in [-0.05, 0) is 60.4 Å². The number of amides is 1. The van der Waals surface area contributed by atoms with Crippen LogP contribution in [0.25, 0.3) is 37.6 Å². The van der Waals surface area contributed by atoms with E-state index in [1.54, 1.807) is 23.0 Å². The lowest BCUT2D eigenvalue weighted by molar-refractivity contribution is 0.0982. The van der Waals surface area contributed by atoms with Gasteiger partial charge in [0.05, 0.1) is 10.7 Å². The molecule has 6 aromatic rings. The van der Waals surface area contributed by atoms with Gasteiger partial charge in [-0.25, -0.2) is 0 Å². The highest BCUT2D eigenvalue weighted by Gasteiger charge is 2.19. The van der Waals surface area contributed by atoms with Crippen molar-refractivity contribution in [2.75, 3.05) is 5.32 Å². The summed E-state index contributed by atoms with van der Waals surface area (Å²) in [6, 6.07) is 23.3. The van der Waals surface area contributed by atoms with Gasteiger partial charge in [-0.2, -0.15) is 0 Å². The summed E-state index contributed by atoms with van der Waals surface area (Å²) in [4.78, 5) is 14.9. The largest absolute Gasteiger partial charge is 0.332 e. The Morgan fingerprint density at radius 3 is 2.54 bits per heavy atom. The Balaban J connectivity index is 1.25. The van der Waals surface area contributed by atoms with Gasteiger partial charge in [0.2, 0.25) is 0 Å². The second-order valence-corrected chi connectivity index (χ2v) is 10.7. The lowest BCUT2D eigenvalue weighted by Crippen LogP contribution is -2.34. The number of fused-ring (bicyclic) bond motifs is 3. The Kier molecular flexibility index (Phi) is 6.04. The van der Waals surface area contributed by atoms with Gasteiger partial charge < -0.3 is 5.32 Å². The summed E-state index contributed by atoms with van der Waals surface area (Å²) in [6.45, 7) is 1.94. The molecule has 2 aromatic heterocycles. The fraction of sp³-hybridized carbons (Fsp3) is 0.0370. The number of nitrogens with one attached hydrogen (secondary N) is 2. The second kappa shape index (κ2) is 9.39. The van der Waals surface area contributed by atoms with Crippen LogP contribution in [0, 0.1) is 6.92 Å². The number of benzene rings is 4. The number of thiophene rings is 1. The lowest BCUT2D eigenvalue weighted by atomic mass is 10.1. The summed E-state index contributed by atoms with van der Waals surface area (Å²) in [5.41, 5.74) is 3.97. The number of hydrogen-bond donors (Lipinski definition) is 2. The van der Waals surface area contributed by atoms with Crippen molar-refractivity contribution in [3.8, 4) is 5.69 Å². The number of carbonyl (C=O) groups is 1. The molecule has 4 aromatic carbocycles. The van der Waals surface area contributed by atoms with Crippen LogP contribution in [0.1, 0.15) is 15.2 Å². The summed E-state index contributed by atoms with van der Waals surface area (Å²) in [7, 11) is 0. The molecule has 0 aliphatic rings. The molecule has 37 heavy (non-hydrogen) atoms. The molecule has 0 saturated carbocycles. The molecule has 0 spiro atoms. The average molecular weight is 563 g/mol.